The summed E-state index contributed by atoms with van der Waals surface area (Å²) in [6.45, 7) is 1.50. The number of rotatable bonds is 4. The zero-order valence-corrected chi connectivity index (χ0v) is 12.6. The minimum Gasteiger partial charge on any atom is -0.465 e. The van der Waals surface area contributed by atoms with Crippen LogP contribution in [0.25, 0.3) is 0 Å². The topological polar surface area (TPSA) is 98.5 Å². The monoisotopic (exact) mass is 320 g/mol. The van der Waals surface area contributed by atoms with Gasteiger partial charge in [-0.15, -0.1) is 11.3 Å². The number of ether oxygens (including phenoxy) is 1. The summed E-state index contributed by atoms with van der Waals surface area (Å²) in [5, 5.41) is 15.5. The highest BCUT2D eigenvalue weighted by atomic mass is 32.1. The number of carbonyl (C=O) groups excluding carboxylic acids is 2. The largest absolute Gasteiger partial charge is 0.465 e. The van der Waals surface area contributed by atoms with E-state index in [9.17, 15) is 19.7 Å². The molecule has 1 aromatic heterocycles. The van der Waals surface area contributed by atoms with Gasteiger partial charge in [0.05, 0.1) is 17.6 Å². The first-order chi connectivity index (χ1) is 10.5. The van der Waals surface area contributed by atoms with Crippen molar-refractivity contribution in [3.05, 3.63) is 56.5 Å². The maximum Gasteiger partial charge on any atom is 0.340 e. The molecule has 114 valence electrons. The fraction of sp³-hybridized carbons (Fsp3) is 0.143. The highest BCUT2D eigenvalue weighted by molar-refractivity contribution is 7.14. The zero-order valence-electron chi connectivity index (χ0n) is 11.8. The number of hydrogen-bond acceptors (Lipinski definition) is 6. The number of amides is 1. The Morgan fingerprint density at radius 1 is 1.27 bits per heavy atom. The summed E-state index contributed by atoms with van der Waals surface area (Å²) in [5.41, 5.74) is 0.551. The van der Waals surface area contributed by atoms with E-state index >= 15 is 0 Å². The lowest BCUT2D eigenvalue weighted by Crippen LogP contribution is -2.15. The van der Waals surface area contributed by atoms with Crippen LogP contribution in [-0.4, -0.2) is 23.9 Å². The van der Waals surface area contributed by atoms with Gasteiger partial charge in [-0.25, -0.2) is 4.79 Å². The predicted molar refractivity (Wildman–Crippen MR) is 81.4 cm³/mol. The molecule has 0 spiro atoms. The number of anilines is 1. The summed E-state index contributed by atoms with van der Waals surface area (Å²) >= 11 is 1.17. The molecule has 0 bridgehead atoms. The number of thiophene rings is 1. The summed E-state index contributed by atoms with van der Waals surface area (Å²) in [5.74, 6) is -1.08. The predicted octanol–water partition coefficient (Wildman–Crippen LogP) is 3.00. The first kappa shape index (κ1) is 15.6. The van der Waals surface area contributed by atoms with Crippen molar-refractivity contribution in [1.82, 2.24) is 0 Å². The van der Waals surface area contributed by atoms with E-state index in [4.69, 9.17) is 0 Å². The number of nitro groups is 1. The van der Waals surface area contributed by atoms with Gasteiger partial charge in [-0.2, -0.15) is 0 Å². The smallest absolute Gasteiger partial charge is 0.340 e. The molecular formula is C14H12N2O5S. The lowest BCUT2D eigenvalue weighted by molar-refractivity contribution is -0.385. The van der Waals surface area contributed by atoms with E-state index in [1.807, 2.05) is 0 Å². The normalized spacial score (nSPS) is 10.1. The second-order valence-electron chi connectivity index (χ2n) is 4.32. The molecule has 7 nitrogen and oxygen atoms in total. The van der Waals surface area contributed by atoms with Crippen molar-refractivity contribution in [2.24, 2.45) is 0 Å². The molecule has 2 aromatic rings. The Hall–Kier alpha value is -2.74. The van der Waals surface area contributed by atoms with Crippen LogP contribution in [0.3, 0.4) is 0 Å². The van der Waals surface area contributed by atoms with Crippen molar-refractivity contribution >= 4 is 33.9 Å². The van der Waals surface area contributed by atoms with Crippen LogP contribution in [0.2, 0.25) is 0 Å². The molecule has 1 heterocycles. The van der Waals surface area contributed by atoms with Crippen molar-refractivity contribution in [2.45, 2.75) is 6.92 Å². The molecule has 0 unspecified atom stereocenters. The minimum absolute atomic E-state index is 0.132. The number of nitrogens with zero attached hydrogens (tertiary/aromatic N) is 1. The van der Waals surface area contributed by atoms with E-state index in [-0.39, 0.29) is 22.4 Å². The summed E-state index contributed by atoms with van der Waals surface area (Å²) in [7, 11) is 1.25. The summed E-state index contributed by atoms with van der Waals surface area (Å²) in [6, 6.07) is 5.79. The minimum atomic E-state index is -0.563. The third kappa shape index (κ3) is 2.96. The van der Waals surface area contributed by atoms with Gasteiger partial charge in [-0.05, 0) is 24.4 Å². The third-order valence-electron chi connectivity index (χ3n) is 3.04. The second kappa shape index (κ2) is 6.35. The van der Waals surface area contributed by atoms with Crippen LogP contribution in [0.5, 0.6) is 0 Å². The number of carbonyl (C=O) groups is 2. The molecule has 1 amide bonds. The van der Waals surface area contributed by atoms with Crippen LogP contribution >= 0.6 is 11.3 Å². The van der Waals surface area contributed by atoms with Crippen LogP contribution in [0.15, 0.2) is 29.6 Å². The Balaban J connectivity index is 2.31. The second-order valence-corrected chi connectivity index (χ2v) is 5.23. The molecule has 1 N–H and O–H groups in total. The van der Waals surface area contributed by atoms with E-state index in [1.54, 1.807) is 5.38 Å². The van der Waals surface area contributed by atoms with E-state index in [0.717, 1.165) is 0 Å². The Morgan fingerprint density at radius 2 is 2.00 bits per heavy atom. The maximum atomic E-state index is 12.3. The van der Waals surface area contributed by atoms with Gasteiger partial charge in [0.25, 0.3) is 11.6 Å². The van der Waals surface area contributed by atoms with Gasteiger partial charge in [0.15, 0.2) is 0 Å². The first-order valence-corrected chi connectivity index (χ1v) is 7.04. The highest BCUT2D eigenvalue weighted by Crippen LogP contribution is 2.26. The number of esters is 1. The molecule has 0 aliphatic carbocycles. The summed E-state index contributed by atoms with van der Waals surface area (Å²) in [6.07, 6.45) is 0. The standard InChI is InChI=1S/C14H12N2O5S/c1-8-9(4-3-5-11(8)16(19)20)12(17)15-13-10(6-7-22-13)14(18)21-2/h3-7H,1-2H3,(H,15,17). The van der Waals surface area contributed by atoms with E-state index < -0.39 is 16.8 Å². The van der Waals surface area contributed by atoms with Crippen LogP contribution in [-0.2, 0) is 4.74 Å². The first-order valence-electron chi connectivity index (χ1n) is 6.17. The van der Waals surface area contributed by atoms with E-state index in [1.165, 1.54) is 49.6 Å². The molecule has 0 atom stereocenters. The van der Waals surface area contributed by atoms with Gasteiger partial charge < -0.3 is 10.1 Å². The third-order valence-corrected chi connectivity index (χ3v) is 3.87. The van der Waals surface area contributed by atoms with Crippen molar-refractivity contribution in [1.29, 1.82) is 0 Å². The lowest BCUT2D eigenvalue weighted by Gasteiger charge is -2.08. The summed E-state index contributed by atoms with van der Waals surface area (Å²) in [4.78, 5) is 34.2. The molecule has 0 radical (unpaired) electrons. The van der Waals surface area contributed by atoms with Crippen molar-refractivity contribution in [2.75, 3.05) is 12.4 Å². The SMILES string of the molecule is COC(=O)c1ccsc1NC(=O)c1cccc([N+](=O)[O-])c1C. The number of benzene rings is 1. The van der Waals surface area contributed by atoms with Crippen LogP contribution in [0, 0.1) is 17.0 Å². The average Bonchev–Trinajstić information content (AvgIpc) is 2.94. The number of nitrogens with one attached hydrogen (secondary N) is 1. The Kier molecular flexibility index (Phi) is 4.52. The van der Waals surface area contributed by atoms with Gasteiger partial charge in [0.2, 0.25) is 0 Å². The van der Waals surface area contributed by atoms with Crippen LogP contribution in [0.4, 0.5) is 10.7 Å². The lowest BCUT2D eigenvalue weighted by atomic mass is 10.1. The average molecular weight is 320 g/mol. The van der Waals surface area contributed by atoms with Gasteiger partial charge in [0, 0.05) is 17.2 Å². The zero-order chi connectivity index (χ0) is 16.3. The molecule has 0 fully saturated rings. The Morgan fingerprint density at radius 3 is 2.64 bits per heavy atom. The van der Waals surface area contributed by atoms with Crippen LogP contribution < -0.4 is 5.32 Å². The van der Waals surface area contributed by atoms with E-state index in [2.05, 4.69) is 10.1 Å². The molecule has 2 rings (SSSR count). The molecule has 0 aliphatic heterocycles. The fourth-order valence-corrected chi connectivity index (χ4v) is 2.68. The number of nitro benzene ring substituents is 1. The molecule has 0 aliphatic rings. The number of methoxy groups -OCH3 is 1. The maximum absolute atomic E-state index is 12.3. The molecule has 0 saturated carbocycles. The van der Waals surface area contributed by atoms with Gasteiger partial charge in [0.1, 0.15) is 5.00 Å². The molecule has 8 heteroatoms. The Labute approximate surface area is 129 Å². The van der Waals surface area contributed by atoms with Gasteiger partial charge >= 0.3 is 5.97 Å². The number of hydrogen-bond donors (Lipinski definition) is 1. The molecule has 22 heavy (non-hydrogen) atoms. The van der Waals surface area contributed by atoms with Crippen molar-refractivity contribution in [3.63, 3.8) is 0 Å². The molecular weight excluding hydrogens is 308 g/mol. The van der Waals surface area contributed by atoms with Crippen molar-refractivity contribution < 1.29 is 19.2 Å². The highest BCUT2D eigenvalue weighted by Gasteiger charge is 2.20. The van der Waals surface area contributed by atoms with Gasteiger partial charge in [-0.1, -0.05) is 6.07 Å². The van der Waals surface area contributed by atoms with Crippen molar-refractivity contribution in [3.8, 4) is 0 Å². The Bertz CT molecular complexity index is 753. The molecule has 1 aromatic carbocycles. The van der Waals surface area contributed by atoms with Crippen LogP contribution in [0.1, 0.15) is 26.3 Å². The van der Waals surface area contributed by atoms with E-state index in [0.29, 0.717) is 5.00 Å². The molecule has 0 saturated heterocycles. The summed E-state index contributed by atoms with van der Waals surface area (Å²) < 4.78 is 4.62. The quantitative estimate of drug-likeness (QED) is 0.530. The van der Waals surface area contributed by atoms with Gasteiger partial charge in [-0.3, -0.25) is 14.9 Å². The fourth-order valence-electron chi connectivity index (χ4n) is 1.91.